The summed E-state index contributed by atoms with van der Waals surface area (Å²) in [5.41, 5.74) is 0.494. The number of pyridine rings is 1. The van der Waals surface area contributed by atoms with E-state index in [2.05, 4.69) is 6.92 Å². The standard InChI is InChI=1S/C18H22N2O2/c1-2-3-12-20-16(18(22)19-10-6-7-11-19)13-14-8-4-5-9-15(14)17(20)21/h4-5,8-9,13H,2-3,6-7,10-12H2,1H3. The first kappa shape index (κ1) is 14.8. The maximum absolute atomic E-state index is 12.8. The highest BCUT2D eigenvalue weighted by molar-refractivity contribution is 5.96. The van der Waals surface area contributed by atoms with Crippen molar-refractivity contribution in [3.8, 4) is 0 Å². The first-order chi connectivity index (χ1) is 10.7. The maximum atomic E-state index is 12.8. The average molecular weight is 298 g/mol. The fourth-order valence-electron chi connectivity index (χ4n) is 3.10. The van der Waals surface area contributed by atoms with Gasteiger partial charge in [-0.1, -0.05) is 31.5 Å². The zero-order valence-electron chi connectivity index (χ0n) is 13.0. The number of amides is 1. The van der Waals surface area contributed by atoms with E-state index in [9.17, 15) is 9.59 Å². The Morgan fingerprint density at radius 3 is 2.64 bits per heavy atom. The molecule has 0 saturated carbocycles. The molecule has 1 fully saturated rings. The molecule has 0 spiro atoms. The van der Waals surface area contributed by atoms with Crippen LogP contribution in [0.5, 0.6) is 0 Å². The number of carbonyl (C=O) groups is 1. The van der Waals surface area contributed by atoms with Gasteiger partial charge >= 0.3 is 0 Å². The molecule has 2 aromatic rings. The minimum Gasteiger partial charge on any atom is -0.337 e. The van der Waals surface area contributed by atoms with Crippen molar-refractivity contribution in [1.82, 2.24) is 9.47 Å². The highest BCUT2D eigenvalue weighted by atomic mass is 16.2. The summed E-state index contributed by atoms with van der Waals surface area (Å²) in [6, 6.07) is 9.40. The summed E-state index contributed by atoms with van der Waals surface area (Å²) in [4.78, 5) is 27.4. The van der Waals surface area contributed by atoms with E-state index < -0.39 is 0 Å². The summed E-state index contributed by atoms with van der Waals surface area (Å²) >= 11 is 0. The molecule has 0 bridgehead atoms. The van der Waals surface area contributed by atoms with Gasteiger partial charge in [-0.15, -0.1) is 0 Å². The van der Waals surface area contributed by atoms with Crippen molar-refractivity contribution in [2.24, 2.45) is 0 Å². The van der Waals surface area contributed by atoms with Gasteiger partial charge in [0.25, 0.3) is 11.5 Å². The van der Waals surface area contributed by atoms with E-state index in [1.165, 1.54) is 0 Å². The molecule has 0 unspecified atom stereocenters. The SMILES string of the molecule is CCCCn1c(C(=O)N2CCCC2)cc2ccccc2c1=O. The monoisotopic (exact) mass is 298 g/mol. The van der Waals surface area contributed by atoms with Crippen LogP contribution in [0.3, 0.4) is 0 Å². The van der Waals surface area contributed by atoms with Gasteiger partial charge in [0.2, 0.25) is 0 Å². The van der Waals surface area contributed by atoms with Crippen molar-refractivity contribution in [1.29, 1.82) is 0 Å². The molecule has 4 heteroatoms. The Kier molecular flexibility index (Phi) is 4.27. The van der Waals surface area contributed by atoms with Crippen molar-refractivity contribution in [2.75, 3.05) is 13.1 Å². The molecule has 2 heterocycles. The summed E-state index contributed by atoms with van der Waals surface area (Å²) in [7, 11) is 0. The molecule has 22 heavy (non-hydrogen) atoms. The second kappa shape index (κ2) is 6.34. The summed E-state index contributed by atoms with van der Waals surface area (Å²) in [5, 5.41) is 1.54. The van der Waals surface area contributed by atoms with E-state index in [1.54, 1.807) is 4.57 Å². The van der Waals surface area contributed by atoms with Gasteiger partial charge in [-0.3, -0.25) is 9.59 Å². The number of fused-ring (bicyclic) bond motifs is 1. The van der Waals surface area contributed by atoms with Crippen LogP contribution < -0.4 is 5.56 Å². The van der Waals surface area contributed by atoms with Gasteiger partial charge in [-0.05, 0) is 36.8 Å². The normalized spacial score (nSPS) is 14.7. The minimum atomic E-state index is -0.0471. The van der Waals surface area contributed by atoms with E-state index in [0.717, 1.165) is 44.2 Å². The molecule has 4 nitrogen and oxygen atoms in total. The molecule has 116 valence electrons. The Balaban J connectivity index is 2.13. The zero-order chi connectivity index (χ0) is 15.5. The number of aromatic nitrogens is 1. The van der Waals surface area contributed by atoms with Gasteiger partial charge in [0.1, 0.15) is 5.69 Å². The van der Waals surface area contributed by atoms with Gasteiger partial charge in [0.05, 0.1) is 0 Å². The minimum absolute atomic E-state index is 0.00328. The Morgan fingerprint density at radius 1 is 1.18 bits per heavy atom. The summed E-state index contributed by atoms with van der Waals surface area (Å²) < 4.78 is 1.67. The van der Waals surface area contributed by atoms with E-state index in [1.807, 2.05) is 35.2 Å². The average Bonchev–Trinajstić information content (AvgIpc) is 3.07. The number of hydrogen-bond donors (Lipinski definition) is 0. The summed E-state index contributed by atoms with van der Waals surface area (Å²) in [6.45, 7) is 4.30. The third-order valence-corrected chi connectivity index (χ3v) is 4.37. The van der Waals surface area contributed by atoms with Crippen LogP contribution in [-0.4, -0.2) is 28.5 Å². The molecule has 1 aromatic carbocycles. The number of hydrogen-bond acceptors (Lipinski definition) is 2. The molecule has 0 radical (unpaired) electrons. The third kappa shape index (κ3) is 2.65. The number of unbranched alkanes of at least 4 members (excludes halogenated alkanes) is 1. The van der Waals surface area contributed by atoms with Crippen LogP contribution in [0.1, 0.15) is 43.1 Å². The zero-order valence-corrected chi connectivity index (χ0v) is 13.0. The Labute approximate surface area is 130 Å². The maximum Gasteiger partial charge on any atom is 0.270 e. The van der Waals surface area contributed by atoms with Gasteiger partial charge in [0.15, 0.2) is 0 Å². The number of benzene rings is 1. The molecular formula is C18H22N2O2. The third-order valence-electron chi connectivity index (χ3n) is 4.37. The lowest BCUT2D eigenvalue weighted by Gasteiger charge is -2.19. The van der Waals surface area contributed by atoms with E-state index >= 15 is 0 Å². The van der Waals surface area contributed by atoms with Crippen LogP contribution in [0.4, 0.5) is 0 Å². The number of nitrogens with zero attached hydrogens (tertiary/aromatic N) is 2. The molecule has 1 amide bonds. The quantitative estimate of drug-likeness (QED) is 0.870. The highest BCUT2D eigenvalue weighted by Gasteiger charge is 2.23. The van der Waals surface area contributed by atoms with Crippen LogP contribution in [-0.2, 0) is 6.54 Å². The van der Waals surface area contributed by atoms with Crippen molar-refractivity contribution in [3.63, 3.8) is 0 Å². The lowest BCUT2D eigenvalue weighted by atomic mass is 10.1. The lowest BCUT2D eigenvalue weighted by molar-refractivity contribution is 0.0780. The smallest absolute Gasteiger partial charge is 0.270 e. The molecule has 1 aromatic heterocycles. The van der Waals surface area contributed by atoms with Crippen LogP contribution in [0.25, 0.3) is 10.8 Å². The van der Waals surface area contributed by atoms with Crippen LogP contribution in [0.15, 0.2) is 35.1 Å². The van der Waals surface area contributed by atoms with Gasteiger partial charge in [-0.25, -0.2) is 0 Å². The molecule has 3 rings (SSSR count). The first-order valence-electron chi connectivity index (χ1n) is 8.14. The molecule has 1 aliphatic heterocycles. The topological polar surface area (TPSA) is 42.3 Å². The lowest BCUT2D eigenvalue weighted by Crippen LogP contribution is -2.34. The molecular weight excluding hydrogens is 276 g/mol. The molecule has 0 atom stereocenters. The van der Waals surface area contributed by atoms with Crippen LogP contribution in [0, 0.1) is 0 Å². The van der Waals surface area contributed by atoms with Crippen LogP contribution in [0.2, 0.25) is 0 Å². The first-order valence-corrected chi connectivity index (χ1v) is 8.14. The van der Waals surface area contributed by atoms with Gasteiger partial charge < -0.3 is 9.47 Å². The second-order valence-corrected chi connectivity index (χ2v) is 5.93. The molecule has 1 aliphatic rings. The van der Waals surface area contributed by atoms with E-state index in [4.69, 9.17) is 0 Å². The fraction of sp³-hybridized carbons (Fsp3) is 0.444. The van der Waals surface area contributed by atoms with Gasteiger partial charge in [-0.2, -0.15) is 0 Å². The predicted molar refractivity (Wildman–Crippen MR) is 88.3 cm³/mol. The number of likely N-dealkylation sites (tertiary alicyclic amines) is 1. The largest absolute Gasteiger partial charge is 0.337 e. The fourth-order valence-corrected chi connectivity index (χ4v) is 3.10. The number of carbonyl (C=O) groups excluding carboxylic acids is 1. The Bertz CT molecular complexity index is 742. The molecule has 0 aliphatic carbocycles. The molecule has 0 N–H and O–H groups in total. The van der Waals surface area contributed by atoms with Crippen molar-refractivity contribution < 1.29 is 4.79 Å². The van der Waals surface area contributed by atoms with E-state index in [-0.39, 0.29) is 11.5 Å². The molecule has 1 saturated heterocycles. The summed E-state index contributed by atoms with van der Waals surface area (Å²) in [5.74, 6) is -0.00328. The van der Waals surface area contributed by atoms with Crippen LogP contribution >= 0.6 is 0 Å². The Morgan fingerprint density at radius 2 is 1.91 bits per heavy atom. The predicted octanol–water partition coefficient (Wildman–Crippen LogP) is 3.04. The van der Waals surface area contributed by atoms with E-state index in [0.29, 0.717) is 17.6 Å². The van der Waals surface area contributed by atoms with Crippen molar-refractivity contribution >= 4 is 16.7 Å². The Hall–Kier alpha value is -2.10. The summed E-state index contributed by atoms with van der Waals surface area (Å²) in [6.07, 6.45) is 4.01. The van der Waals surface area contributed by atoms with Crippen molar-refractivity contribution in [3.05, 3.63) is 46.4 Å². The van der Waals surface area contributed by atoms with Crippen molar-refractivity contribution in [2.45, 2.75) is 39.2 Å². The van der Waals surface area contributed by atoms with Gasteiger partial charge in [0, 0.05) is 25.0 Å². The highest BCUT2D eigenvalue weighted by Crippen LogP contribution is 2.17. The second-order valence-electron chi connectivity index (χ2n) is 5.93. The number of rotatable bonds is 4.